The molecular weight excluding hydrogens is 367 g/mol. The number of carbonyl (C=O) groups is 2. The molecular formula is C20H21FN2O5. The average molecular weight is 388 g/mol. The Hall–Kier alpha value is -3.16. The number of amides is 1. The maximum atomic E-state index is 13.2. The van der Waals surface area contributed by atoms with E-state index in [2.05, 4.69) is 0 Å². The highest BCUT2D eigenvalue weighted by Crippen LogP contribution is 2.26. The second-order valence-corrected chi connectivity index (χ2v) is 7.71. The Balaban J connectivity index is 1.89. The SMILES string of the molecule is CC(C)(C)OC(=O)N1CC(n2cc(C(=O)O)c(=O)c(-c3ccc(F)cc3)c2)C1. The number of ether oxygens (including phenoxy) is 1. The number of pyridine rings is 1. The lowest BCUT2D eigenvalue weighted by Crippen LogP contribution is -2.52. The Bertz CT molecular complexity index is 970. The van der Waals surface area contributed by atoms with E-state index in [9.17, 15) is 23.9 Å². The number of aromatic carboxylic acids is 1. The molecule has 0 aliphatic carbocycles. The third-order valence-corrected chi connectivity index (χ3v) is 4.37. The summed E-state index contributed by atoms with van der Waals surface area (Å²) in [7, 11) is 0. The number of likely N-dealkylation sites (tertiary alicyclic amines) is 1. The van der Waals surface area contributed by atoms with Gasteiger partial charge in [0.2, 0.25) is 5.43 Å². The number of benzene rings is 1. The van der Waals surface area contributed by atoms with E-state index in [0.717, 1.165) is 0 Å². The van der Waals surface area contributed by atoms with Crippen LogP contribution in [0, 0.1) is 5.82 Å². The summed E-state index contributed by atoms with van der Waals surface area (Å²) < 4.78 is 20.1. The molecule has 0 bridgehead atoms. The van der Waals surface area contributed by atoms with Crippen LogP contribution in [0.2, 0.25) is 0 Å². The fourth-order valence-electron chi connectivity index (χ4n) is 2.92. The lowest BCUT2D eigenvalue weighted by molar-refractivity contribution is 0.000938. The van der Waals surface area contributed by atoms with Gasteiger partial charge >= 0.3 is 12.1 Å². The molecule has 2 heterocycles. The molecule has 0 atom stereocenters. The largest absolute Gasteiger partial charge is 0.477 e. The summed E-state index contributed by atoms with van der Waals surface area (Å²) in [6.07, 6.45) is 2.37. The topological polar surface area (TPSA) is 88.8 Å². The first-order valence-corrected chi connectivity index (χ1v) is 8.78. The molecule has 148 valence electrons. The van der Waals surface area contributed by atoms with E-state index in [1.54, 1.807) is 31.5 Å². The van der Waals surface area contributed by atoms with Gasteiger partial charge in [0.25, 0.3) is 0 Å². The Morgan fingerprint density at radius 2 is 1.75 bits per heavy atom. The molecule has 0 saturated carbocycles. The lowest BCUT2D eigenvalue weighted by atomic mass is 10.0. The quantitative estimate of drug-likeness (QED) is 0.873. The van der Waals surface area contributed by atoms with Crippen molar-refractivity contribution in [3.8, 4) is 11.1 Å². The molecule has 0 radical (unpaired) electrons. The smallest absolute Gasteiger partial charge is 0.410 e. The van der Waals surface area contributed by atoms with Crippen molar-refractivity contribution >= 4 is 12.1 Å². The van der Waals surface area contributed by atoms with Crippen molar-refractivity contribution in [1.82, 2.24) is 9.47 Å². The van der Waals surface area contributed by atoms with Crippen LogP contribution in [0.4, 0.5) is 9.18 Å². The molecule has 1 aliphatic rings. The van der Waals surface area contributed by atoms with Gasteiger partial charge in [0, 0.05) is 31.0 Å². The number of carboxylic acid groups (broad SMARTS) is 1. The van der Waals surface area contributed by atoms with Gasteiger partial charge in [-0.2, -0.15) is 0 Å². The zero-order valence-corrected chi connectivity index (χ0v) is 15.8. The number of hydrogen-bond donors (Lipinski definition) is 1. The standard InChI is InChI=1S/C20H21FN2O5/c1-20(2,3)28-19(27)23-8-14(9-23)22-10-15(12-4-6-13(21)7-5-12)17(24)16(11-22)18(25)26/h4-7,10-11,14H,8-9H2,1-3H3,(H,25,26). The number of rotatable bonds is 3. The van der Waals surface area contributed by atoms with Gasteiger partial charge < -0.3 is 19.3 Å². The van der Waals surface area contributed by atoms with E-state index >= 15 is 0 Å². The Labute approximate surface area is 161 Å². The number of nitrogens with zero attached hydrogens (tertiary/aromatic N) is 2. The van der Waals surface area contributed by atoms with Gasteiger partial charge in [-0.25, -0.2) is 14.0 Å². The Kier molecular flexibility index (Phi) is 4.97. The van der Waals surface area contributed by atoms with Gasteiger partial charge in [-0.15, -0.1) is 0 Å². The van der Waals surface area contributed by atoms with Crippen molar-refractivity contribution in [3.05, 3.63) is 58.3 Å². The number of carboxylic acids is 1. The van der Waals surface area contributed by atoms with Crippen LogP contribution < -0.4 is 5.43 Å². The van der Waals surface area contributed by atoms with Crippen molar-refractivity contribution in [2.45, 2.75) is 32.4 Å². The molecule has 28 heavy (non-hydrogen) atoms. The summed E-state index contributed by atoms with van der Waals surface area (Å²) in [5.41, 5.74) is -1.04. The first kappa shape index (κ1) is 19.6. The Morgan fingerprint density at radius 1 is 1.14 bits per heavy atom. The maximum absolute atomic E-state index is 13.2. The van der Waals surface area contributed by atoms with E-state index in [1.165, 1.54) is 35.4 Å². The highest BCUT2D eigenvalue weighted by atomic mass is 19.1. The van der Waals surface area contributed by atoms with Crippen LogP contribution in [0.5, 0.6) is 0 Å². The second kappa shape index (κ2) is 7.10. The van der Waals surface area contributed by atoms with Crippen molar-refractivity contribution in [2.24, 2.45) is 0 Å². The number of carbonyl (C=O) groups excluding carboxylic acids is 1. The molecule has 1 saturated heterocycles. The third-order valence-electron chi connectivity index (χ3n) is 4.37. The van der Waals surface area contributed by atoms with Crippen molar-refractivity contribution in [2.75, 3.05) is 13.1 Å². The molecule has 1 N–H and O–H groups in total. The van der Waals surface area contributed by atoms with E-state index < -0.39 is 28.9 Å². The summed E-state index contributed by atoms with van der Waals surface area (Å²) in [6, 6.07) is 5.08. The summed E-state index contributed by atoms with van der Waals surface area (Å²) in [6.45, 7) is 5.99. The molecule has 3 rings (SSSR count). The highest BCUT2D eigenvalue weighted by Gasteiger charge is 2.35. The summed E-state index contributed by atoms with van der Waals surface area (Å²) in [4.78, 5) is 37.6. The van der Waals surface area contributed by atoms with E-state index in [-0.39, 0.29) is 17.2 Å². The van der Waals surface area contributed by atoms with E-state index in [1.807, 2.05) is 0 Å². The van der Waals surface area contributed by atoms with Crippen LogP contribution >= 0.6 is 0 Å². The van der Waals surface area contributed by atoms with Gasteiger partial charge in [-0.1, -0.05) is 12.1 Å². The second-order valence-electron chi connectivity index (χ2n) is 7.71. The molecule has 1 amide bonds. The average Bonchev–Trinajstić information content (AvgIpc) is 2.53. The minimum Gasteiger partial charge on any atom is -0.477 e. The number of halogens is 1. The Morgan fingerprint density at radius 3 is 2.29 bits per heavy atom. The summed E-state index contributed by atoms with van der Waals surface area (Å²) >= 11 is 0. The minimum absolute atomic E-state index is 0.163. The lowest BCUT2D eigenvalue weighted by Gasteiger charge is -2.41. The van der Waals surface area contributed by atoms with Crippen LogP contribution in [0.3, 0.4) is 0 Å². The van der Waals surface area contributed by atoms with Crippen LogP contribution in [-0.4, -0.2) is 45.3 Å². The summed E-state index contributed by atoms with van der Waals surface area (Å²) in [5, 5.41) is 9.39. The van der Waals surface area contributed by atoms with E-state index in [4.69, 9.17) is 4.74 Å². The number of aromatic nitrogens is 1. The van der Waals surface area contributed by atoms with Crippen LogP contribution in [-0.2, 0) is 4.74 Å². The fourth-order valence-corrected chi connectivity index (χ4v) is 2.92. The predicted octanol–water partition coefficient (Wildman–Crippen LogP) is 3.14. The van der Waals surface area contributed by atoms with Crippen molar-refractivity contribution in [3.63, 3.8) is 0 Å². The zero-order valence-electron chi connectivity index (χ0n) is 15.8. The molecule has 8 heteroatoms. The summed E-state index contributed by atoms with van der Waals surface area (Å²) in [5.74, 6) is -1.79. The van der Waals surface area contributed by atoms with Gasteiger partial charge in [0.05, 0.1) is 6.04 Å². The first-order chi connectivity index (χ1) is 13.0. The normalized spacial score (nSPS) is 14.5. The first-order valence-electron chi connectivity index (χ1n) is 8.78. The van der Waals surface area contributed by atoms with Crippen LogP contribution in [0.1, 0.15) is 37.2 Å². The van der Waals surface area contributed by atoms with Gasteiger partial charge in [0.15, 0.2) is 0 Å². The van der Waals surface area contributed by atoms with Crippen LogP contribution in [0.25, 0.3) is 11.1 Å². The molecule has 1 aromatic heterocycles. The van der Waals surface area contributed by atoms with Crippen LogP contribution in [0.15, 0.2) is 41.5 Å². The fraction of sp³-hybridized carbons (Fsp3) is 0.350. The zero-order chi connectivity index (χ0) is 20.6. The molecule has 0 unspecified atom stereocenters. The van der Waals surface area contributed by atoms with Crippen molar-refractivity contribution < 1.29 is 23.8 Å². The highest BCUT2D eigenvalue weighted by molar-refractivity contribution is 5.88. The molecule has 1 aromatic carbocycles. The molecule has 1 fully saturated rings. The van der Waals surface area contributed by atoms with Gasteiger partial charge in [-0.05, 0) is 38.5 Å². The third kappa shape index (κ3) is 4.05. The predicted molar refractivity (Wildman–Crippen MR) is 99.9 cm³/mol. The van der Waals surface area contributed by atoms with E-state index in [0.29, 0.717) is 18.7 Å². The van der Waals surface area contributed by atoms with Gasteiger partial charge in [0.1, 0.15) is 17.0 Å². The molecule has 1 aliphatic heterocycles. The monoisotopic (exact) mass is 388 g/mol. The van der Waals surface area contributed by atoms with Crippen molar-refractivity contribution in [1.29, 1.82) is 0 Å². The molecule has 7 nitrogen and oxygen atoms in total. The molecule has 2 aromatic rings. The molecule has 0 spiro atoms. The maximum Gasteiger partial charge on any atom is 0.410 e. The minimum atomic E-state index is -1.34. The van der Waals surface area contributed by atoms with Gasteiger partial charge in [-0.3, -0.25) is 4.79 Å². The number of hydrogen-bond acceptors (Lipinski definition) is 4.